The topological polar surface area (TPSA) is 122 Å². The Morgan fingerprint density at radius 3 is 2.59 bits per heavy atom. The van der Waals surface area contributed by atoms with E-state index in [1.165, 1.54) is 29.7 Å². The fourth-order valence-electron chi connectivity index (χ4n) is 5.11. The minimum atomic E-state index is -1.53. The zero-order valence-electron chi connectivity index (χ0n) is 19.9. The molecule has 4 heterocycles. The second-order valence-electron chi connectivity index (χ2n) is 9.55. The molecule has 13 heteroatoms. The Morgan fingerprint density at radius 1 is 1.24 bits per heavy atom. The Balaban J connectivity index is 1.52. The van der Waals surface area contributed by atoms with E-state index in [0.717, 1.165) is 6.07 Å². The molecule has 2 aromatic rings. The van der Waals surface area contributed by atoms with Crippen LogP contribution < -0.4 is 10.7 Å². The highest BCUT2D eigenvalue weighted by Crippen LogP contribution is 2.47. The van der Waals surface area contributed by atoms with Crippen molar-refractivity contribution >= 4 is 17.7 Å². The number of benzene rings is 1. The van der Waals surface area contributed by atoms with Crippen molar-refractivity contribution in [3.8, 4) is 0 Å². The number of ether oxygens (including phenoxy) is 1. The number of pyridine rings is 1. The number of halogens is 3. The van der Waals surface area contributed by atoms with Crippen LogP contribution in [0.1, 0.15) is 58.6 Å². The van der Waals surface area contributed by atoms with Crippen molar-refractivity contribution in [2.24, 2.45) is 5.16 Å². The SMILES string of the molecule is COC1=NOC2(CCC(C)(O)N3CC2n2cc(C(=O)NCc4c(F)cc(F)cc4F)c(=O)cc2C3=O)C1. The Morgan fingerprint density at radius 2 is 1.95 bits per heavy atom. The zero-order valence-corrected chi connectivity index (χ0v) is 19.9. The van der Waals surface area contributed by atoms with Gasteiger partial charge in [0.1, 0.15) is 34.4 Å². The summed E-state index contributed by atoms with van der Waals surface area (Å²) in [6, 6.07) is 1.28. The number of carbonyl (C=O) groups excluding carboxylic acids is 2. The quantitative estimate of drug-likeness (QED) is 0.637. The van der Waals surface area contributed by atoms with Gasteiger partial charge >= 0.3 is 0 Å². The van der Waals surface area contributed by atoms with Crippen molar-refractivity contribution in [3.05, 3.63) is 68.9 Å². The van der Waals surface area contributed by atoms with Crippen LogP contribution in [0.4, 0.5) is 13.2 Å². The third-order valence-electron chi connectivity index (χ3n) is 7.24. The van der Waals surface area contributed by atoms with Gasteiger partial charge < -0.3 is 29.5 Å². The molecule has 37 heavy (non-hydrogen) atoms. The molecule has 3 aliphatic rings. The summed E-state index contributed by atoms with van der Waals surface area (Å²) < 4.78 is 47.8. The second-order valence-corrected chi connectivity index (χ2v) is 9.55. The number of nitrogens with zero attached hydrogens (tertiary/aromatic N) is 3. The molecule has 1 spiro atoms. The van der Waals surface area contributed by atoms with Gasteiger partial charge in [-0.1, -0.05) is 5.16 Å². The first kappa shape index (κ1) is 24.8. The molecule has 0 aliphatic carbocycles. The lowest BCUT2D eigenvalue weighted by Gasteiger charge is -2.43. The minimum Gasteiger partial charge on any atom is -0.482 e. The average Bonchev–Trinajstić information content (AvgIpc) is 3.22. The van der Waals surface area contributed by atoms with Crippen molar-refractivity contribution < 1.29 is 37.4 Å². The van der Waals surface area contributed by atoms with Gasteiger partial charge in [-0.15, -0.1) is 0 Å². The highest BCUT2D eigenvalue weighted by atomic mass is 19.1. The number of aromatic nitrogens is 1. The molecule has 10 nitrogen and oxygen atoms in total. The van der Waals surface area contributed by atoms with Crippen LogP contribution in [-0.2, 0) is 16.1 Å². The van der Waals surface area contributed by atoms with Crippen LogP contribution in [0.25, 0.3) is 0 Å². The third kappa shape index (κ3) is 4.02. The van der Waals surface area contributed by atoms with Crippen molar-refractivity contribution in [2.45, 2.75) is 50.1 Å². The first-order chi connectivity index (χ1) is 17.5. The molecule has 2 amide bonds. The first-order valence-electron chi connectivity index (χ1n) is 11.5. The minimum absolute atomic E-state index is 0.00127. The summed E-state index contributed by atoms with van der Waals surface area (Å²) in [5, 5.41) is 17.3. The van der Waals surface area contributed by atoms with Gasteiger partial charge in [-0.2, -0.15) is 0 Å². The lowest BCUT2D eigenvalue weighted by Crippen LogP contribution is -2.56. The van der Waals surface area contributed by atoms with E-state index in [2.05, 4.69) is 10.5 Å². The van der Waals surface area contributed by atoms with Gasteiger partial charge in [0.15, 0.2) is 11.0 Å². The molecule has 0 radical (unpaired) electrons. The summed E-state index contributed by atoms with van der Waals surface area (Å²) in [7, 11) is 1.44. The second kappa shape index (κ2) is 8.61. The van der Waals surface area contributed by atoms with Gasteiger partial charge in [0, 0.05) is 43.0 Å². The molecular formula is C24H23F3N4O6. The van der Waals surface area contributed by atoms with E-state index >= 15 is 0 Å². The summed E-state index contributed by atoms with van der Waals surface area (Å²) in [6.07, 6.45) is 1.85. The van der Waals surface area contributed by atoms with Crippen LogP contribution in [0.15, 0.2) is 34.3 Å². The van der Waals surface area contributed by atoms with Crippen molar-refractivity contribution in [2.75, 3.05) is 13.7 Å². The smallest absolute Gasteiger partial charge is 0.272 e. The van der Waals surface area contributed by atoms with E-state index in [1.54, 1.807) is 0 Å². The average molecular weight is 520 g/mol. The summed E-state index contributed by atoms with van der Waals surface area (Å²) >= 11 is 0. The van der Waals surface area contributed by atoms with Crippen LogP contribution in [0.2, 0.25) is 0 Å². The monoisotopic (exact) mass is 520 g/mol. The van der Waals surface area contributed by atoms with Crippen LogP contribution in [0.3, 0.4) is 0 Å². The van der Waals surface area contributed by atoms with E-state index in [1.807, 2.05) is 0 Å². The van der Waals surface area contributed by atoms with Crippen LogP contribution >= 0.6 is 0 Å². The molecule has 196 valence electrons. The number of oxime groups is 1. The predicted octanol–water partition coefficient (Wildman–Crippen LogP) is 1.81. The van der Waals surface area contributed by atoms with Crippen LogP contribution in [0.5, 0.6) is 0 Å². The summed E-state index contributed by atoms with van der Waals surface area (Å²) in [5.41, 5.74) is -4.41. The molecule has 1 aromatic heterocycles. The fourth-order valence-corrected chi connectivity index (χ4v) is 5.11. The fraction of sp³-hybridized carbons (Fsp3) is 0.417. The zero-order chi connectivity index (χ0) is 26.7. The van der Waals surface area contributed by atoms with E-state index in [4.69, 9.17) is 9.57 Å². The van der Waals surface area contributed by atoms with E-state index in [9.17, 15) is 32.7 Å². The van der Waals surface area contributed by atoms with Gasteiger partial charge in [-0.3, -0.25) is 14.4 Å². The van der Waals surface area contributed by atoms with E-state index in [-0.39, 0.29) is 37.1 Å². The standard InChI is InChI=1S/C24H23F3N4O6/c1-23(35)3-4-24(8-20(36-2)29-37-24)19-11-31(23)22(34)17-7-18(32)14(10-30(17)19)21(33)28-9-13-15(26)5-12(25)6-16(13)27/h5-7,10,19,35H,3-4,8-9,11H2,1-2H3,(H,28,33). The normalized spacial score (nSPS) is 26.3. The van der Waals surface area contributed by atoms with Crippen molar-refractivity contribution in [3.63, 3.8) is 0 Å². The lowest BCUT2D eigenvalue weighted by atomic mass is 9.85. The number of nitrogens with one attached hydrogen (secondary N) is 1. The van der Waals surface area contributed by atoms with Gasteiger partial charge in [0.2, 0.25) is 5.90 Å². The van der Waals surface area contributed by atoms with E-state index < -0.39 is 64.2 Å². The summed E-state index contributed by atoms with van der Waals surface area (Å²) in [4.78, 5) is 46.1. The number of carbonyl (C=O) groups is 2. The molecule has 1 saturated heterocycles. The van der Waals surface area contributed by atoms with Gasteiger partial charge in [0.25, 0.3) is 11.8 Å². The molecule has 5 rings (SSSR count). The molecular weight excluding hydrogens is 497 g/mol. The number of hydrogen-bond donors (Lipinski definition) is 2. The van der Waals surface area contributed by atoms with Gasteiger partial charge in [-0.25, -0.2) is 13.2 Å². The number of fused-ring (bicyclic) bond motifs is 5. The highest BCUT2D eigenvalue weighted by molar-refractivity contribution is 5.97. The molecule has 1 fully saturated rings. The first-order valence-corrected chi connectivity index (χ1v) is 11.5. The molecule has 3 aliphatic heterocycles. The summed E-state index contributed by atoms with van der Waals surface area (Å²) in [5.74, 6) is -4.73. The Bertz CT molecular complexity index is 1380. The molecule has 2 N–H and O–H groups in total. The number of methoxy groups -OCH3 is 1. The maximum Gasteiger partial charge on any atom is 0.272 e. The molecule has 1 aromatic carbocycles. The lowest BCUT2D eigenvalue weighted by molar-refractivity contribution is -0.0800. The number of aliphatic hydroxyl groups is 1. The highest BCUT2D eigenvalue weighted by Gasteiger charge is 2.56. The Hall–Kier alpha value is -3.87. The largest absolute Gasteiger partial charge is 0.482 e. The third-order valence-corrected chi connectivity index (χ3v) is 7.24. The maximum atomic E-state index is 14.0. The summed E-state index contributed by atoms with van der Waals surface area (Å²) in [6.45, 7) is 0.855. The Labute approximate surface area is 208 Å². The molecule has 3 unspecified atom stereocenters. The molecule has 3 atom stereocenters. The van der Waals surface area contributed by atoms with Crippen molar-refractivity contribution in [1.29, 1.82) is 0 Å². The molecule has 0 saturated carbocycles. The number of amides is 2. The molecule has 2 bridgehead atoms. The number of hydrogen-bond acceptors (Lipinski definition) is 7. The van der Waals surface area contributed by atoms with Gasteiger partial charge in [0.05, 0.1) is 19.6 Å². The van der Waals surface area contributed by atoms with E-state index in [0.29, 0.717) is 18.0 Å². The van der Waals surface area contributed by atoms with Crippen LogP contribution in [-0.4, -0.2) is 57.3 Å². The van der Waals surface area contributed by atoms with Gasteiger partial charge in [-0.05, 0) is 19.8 Å². The maximum absolute atomic E-state index is 14.0. The predicted molar refractivity (Wildman–Crippen MR) is 121 cm³/mol. The van der Waals surface area contributed by atoms with Crippen molar-refractivity contribution in [1.82, 2.24) is 14.8 Å². The number of rotatable bonds is 3. The van der Waals surface area contributed by atoms with Crippen LogP contribution in [0, 0.1) is 17.5 Å². The Kier molecular flexibility index (Phi) is 5.77.